The van der Waals surface area contributed by atoms with Crippen LogP contribution in [0.2, 0.25) is 0 Å². The molecule has 1 aromatic rings. The Balaban J connectivity index is 0.00000484. The topological polar surface area (TPSA) is 50.4 Å². The second-order valence-electron chi connectivity index (χ2n) is 6.61. The number of carbonyl (C=O) groups is 1. The molecule has 4 nitrogen and oxygen atoms in total. The van der Waals surface area contributed by atoms with E-state index in [1.165, 1.54) is 24.8 Å². The van der Waals surface area contributed by atoms with Crippen LogP contribution in [0.15, 0.2) is 24.3 Å². The smallest absolute Gasteiger partial charge is 0.258 e. The van der Waals surface area contributed by atoms with Crippen LogP contribution in [-0.2, 0) is 11.3 Å². The molecule has 5 heteroatoms. The van der Waals surface area contributed by atoms with E-state index < -0.39 is 0 Å². The van der Waals surface area contributed by atoms with Crippen LogP contribution < -0.4 is 15.4 Å². The van der Waals surface area contributed by atoms with Gasteiger partial charge in [-0.15, -0.1) is 12.4 Å². The molecule has 0 fully saturated rings. The fourth-order valence-corrected chi connectivity index (χ4v) is 2.04. The number of hydrogen-bond donors (Lipinski definition) is 2. The number of rotatable bonds is 9. The zero-order valence-electron chi connectivity index (χ0n) is 14.8. The summed E-state index contributed by atoms with van der Waals surface area (Å²) in [6.45, 7) is 10.0. The van der Waals surface area contributed by atoms with Gasteiger partial charge in [0.05, 0.1) is 0 Å². The van der Waals surface area contributed by atoms with Gasteiger partial charge in [-0.25, -0.2) is 0 Å². The van der Waals surface area contributed by atoms with Crippen LogP contribution >= 0.6 is 12.4 Å². The second kappa shape index (κ2) is 11.3. The van der Waals surface area contributed by atoms with Crippen molar-refractivity contribution >= 4 is 18.3 Å². The molecule has 0 saturated heterocycles. The van der Waals surface area contributed by atoms with Crippen LogP contribution in [0, 0.1) is 0 Å². The van der Waals surface area contributed by atoms with E-state index in [0.29, 0.717) is 0 Å². The summed E-state index contributed by atoms with van der Waals surface area (Å²) in [6, 6.07) is 7.88. The number of unbranched alkanes of at least 4 members (excludes halogenated alkanes) is 2. The molecule has 0 saturated carbocycles. The maximum Gasteiger partial charge on any atom is 0.258 e. The maximum atomic E-state index is 11.7. The predicted octanol–water partition coefficient (Wildman–Crippen LogP) is 3.68. The van der Waals surface area contributed by atoms with Gasteiger partial charge in [-0.05, 0) is 51.4 Å². The lowest BCUT2D eigenvalue weighted by Gasteiger charge is -2.20. The van der Waals surface area contributed by atoms with Gasteiger partial charge in [0.15, 0.2) is 6.61 Å². The first-order valence-corrected chi connectivity index (χ1v) is 8.14. The molecular weight excluding hydrogens is 312 g/mol. The quantitative estimate of drug-likeness (QED) is 0.673. The average Bonchev–Trinajstić information content (AvgIpc) is 2.44. The third-order valence-corrected chi connectivity index (χ3v) is 3.09. The SMILES string of the molecule is CCCCCNCc1ccc(OCC(=O)NC(C)(C)C)cc1.Cl. The van der Waals surface area contributed by atoms with Gasteiger partial charge in [0.25, 0.3) is 5.91 Å². The number of nitrogens with one attached hydrogen (secondary N) is 2. The lowest BCUT2D eigenvalue weighted by atomic mass is 10.1. The molecule has 1 aromatic carbocycles. The highest BCUT2D eigenvalue weighted by Crippen LogP contribution is 2.12. The van der Waals surface area contributed by atoms with E-state index in [1.54, 1.807) is 0 Å². The molecule has 0 unspecified atom stereocenters. The summed E-state index contributed by atoms with van der Waals surface area (Å²) in [7, 11) is 0. The standard InChI is InChI=1S/C18H30N2O2.ClH/c1-5-6-7-12-19-13-15-8-10-16(11-9-15)22-14-17(21)20-18(2,3)4;/h8-11,19H,5-7,12-14H2,1-4H3,(H,20,21);1H. The van der Waals surface area contributed by atoms with Crippen molar-refractivity contribution in [3.05, 3.63) is 29.8 Å². The minimum Gasteiger partial charge on any atom is -0.484 e. The molecule has 23 heavy (non-hydrogen) atoms. The summed E-state index contributed by atoms with van der Waals surface area (Å²) in [5, 5.41) is 6.30. The van der Waals surface area contributed by atoms with Gasteiger partial charge < -0.3 is 15.4 Å². The molecule has 0 aliphatic heterocycles. The summed E-state index contributed by atoms with van der Waals surface area (Å²) in [6.07, 6.45) is 3.74. The molecule has 0 aliphatic carbocycles. The number of amides is 1. The third kappa shape index (κ3) is 11.0. The van der Waals surface area contributed by atoms with Crippen molar-refractivity contribution in [3.8, 4) is 5.75 Å². The zero-order chi connectivity index (χ0) is 16.4. The number of hydrogen-bond acceptors (Lipinski definition) is 3. The fraction of sp³-hybridized carbons (Fsp3) is 0.611. The van der Waals surface area contributed by atoms with E-state index in [1.807, 2.05) is 45.0 Å². The van der Waals surface area contributed by atoms with Gasteiger partial charge >= 0.3 is 0 Å². The summed E-state index contributed by atoms with van der Waals surface area (Å²) >= 11 is 0. The van der Waals surface area contributed by atoms with Crippen LogP contribution in [0.1, 0.15) is 52.5 Å². The number of halogens is 1. The van der Waals surface area contributed by atoms with Crippen molar-refractivity contribution in [3.63, 3.8) is 0 Å². The van der Waals surface area contributed by atoms with Crippen LogP contribution in [0.25, 0.3) is 0 Å². The highest BCUT2D eigenvalue weighted by Gasteiger charge is 2.13. The summed E-state index contributed by atoms with van der Waals surface area (Å²) in [4.78, 5) is 11.7. The third-order valence-electron chi connectivity index (χ3n) is 3.09. The van der Waals surface area contributed by atoms with E-state index >= 15 is 0 Å². The molecule has 1 rings (SSSR count). The molecule has 132 valence electrons. The van der Waals surface area contributed by atoms with Crippen molar-refractivity contribution in [1.29, 1.82) is 0 Å². The Labute approximate surface area is 146 Å². The van der Waals surface area contributed by atoms with Crippen molar-refractivity contribution in [2.75, 3.05) is 13.2 Å². The zero-order valence-corrected chi connectivity index (χ0v) is 15.6. The van der Waals surface area contributed by atoms with Crippen LogP contribution in [0.4, 0.5) is 0 Å². The van der Waals surface area contributed by atoms with Crippen LogP contribution in [0.3, 0.4) is 0 Å². The van der Waals surface area contributed by atoms with Gasteiger partial charge in [-0.3, -0.25) is 4.79 Å². The first kappa shape index (κ1) is 21.7. The average molecular weight is 343 g/mol. The highest BCUT2D eigenvalue weighted by atomic mass is 35.5. The van der Waals surface area contributed by atoms with Crippen molar-refractivity contribution in [1.82, 2.24) is 10.6 Å². The van der Waals surface area contributed by atoms with Crippen molar-refractivity contribution < 1.29 is 9.53 Å². The molecule has 2 N–H and O–H groups in total. The number of benzene rings is 1. The minimum absolute atomic E-state index is 0. The van der Waals surface area contributed by atoms with Gasteiger partial charge in [-0.1, -0.05) is 31.9 Å². The first-order chi connectivity index (χ1) is 10.4. The number of carbonyl (C=O) groups excluding carboxylic acids is 1. The van der Waals surface area contributed by atoms with E-state index in [2.05, 4.69) is 17.6 Å². The minimum atomic E-state index is -0.228. The summed E-state index contributed by atoms with van der Waals surface area (Å²) in [5.41, 5.74) is 0.997. The lowest BCUT2D eigenvalue weighted by molar-refractivity contribution is -0.124. The molecule has 0 aromatic heterocycles. The largest absolute Gasteiger partial charge is 0.484 e. The molecule has 0 spiro atoms. The van der Waals surface area contributed by atoms with E-state index in [9.17, 15) is 4.79 Å². The monoisotopic (exact) mass is 342 g/mol. The first-order valence-electron chi connectivity index (χ1n) is 8.14. The Morgan fingerprint density at radius 3 is 2.35 bits per heavy atom. The summed E-state index contributed by atoms with van der Waals surface area (Å²) in [5.74, 6) is 0.618. The Morgan fingerprint density at radius 1 is 1.13 bits per heavy atom. The Bertz CT molecular complexity index is 441. The normalized spacial score (nSPS) is 10.8. The molecule has 0 atom stereocenters. The highest BCUT2D eigenvalue weighted by molar-refractivity contribution is 5.85. The maximum absolute atomic E-state index is 11.7. The molecule has 0 bridgehead atoms. The van der Waals surface area contributed by atoms with Crippen LogP contribution in [0.5, 0.6) is 5.75 Å². The fourth-order valence-electron chi connectivity index (χ4n) is 2.04. The summed E-state index contributed by atoms with van der Waals surface area (Å²) < 4.78 is 5.49. The van der Waals surface area contributed by atoms with Gasteiger partial charge in [-0.2, -0.15) is 0 Å². The van der Waals surface area contributed by atoms with Gasteiger partial charge in [0, 0.05) is 12.1 Å². The predicted molar refractivity (Wildman–Crippen MR) is 98.3 cm³/mol. The Hall–Kier alpha value is -1.26. The molecular formula is C18H31ClN2O2. The molecule has 0 heterocycles. The lowest BCUT2D eigenvalue weighted by Crippen LogP contribution is -2.43. The second-order valence-corrected chi connectivity index (χ2v) is 6.61. The van der Waals surface area contributed by atoms with Crippen LogP contribution in [-0.4, -0.2) is 24.6 Å². The van der Waals surface area contributed by atoms with Gasteiger partial charge in [0.2, 0.25) is 0 Å². The van der Waals surface area contributed by atoms with E-state index in [0.717, 1.165) is 18.8 Å². The molecule has 0 radical (unpaired) electrons. The van der Waals surface area contributed by atoms with Gasteiger partial charge in [0.1, 0.15) is 5.75 Å². The van der Waals surface area contributed by atoms with E-state index in [4.69, 9.17) is 4.74 Å². The van der Waals surface area contributed by atoms with Crippen molar-refractivity contribution in [2.45, 2.75) is 59.0 Å². The molecule has 1 amide bonds. The van der Waals surface area contributed by atoms with Crippen molar-refractivity contribution in [2.24, 2.45) is 0 Å². The number of ether oxygens (including phenoxy) is 1. The Morgan fingerprint density at radius 2 is 1.78 bits per heavy atom. The Kier molecular flexibility index (Phi) is 10.7. The van der Waals surface area contributed by atoms with E-state index in [-0.39, 0.29) is 30.5 Å². The molecule has 0 aliphatic rings.